The van der Waals surface area contributed by atoms with Crippen molar-refractivity contribution in [2.75, 3.05) is 39.9 Å². The first kappa shape index (κ1) is 15.3. The van der Waals surface area contributed by atoms with Gasteiger partial charge in [0, 0.05) is 33.2 Å². The Morgan fingerprint density at radius 1 is 1.36 bits per heavy atom. The minimum absolute atomic E-state index is 0.0232. The summed E-state index contributed by atoms with van der Waals surface area (Å²) < 4.78 is 5.46. The number of piperidine rings is 1. The molecule has 3 rings (SSSR count). The van der Waals surface area contributed by atoms with Crippen molar-refractivity contribution >= 4 is 5.91 Å². The quantitative estimate of drug-likeness (QED) is 0.881. The van der Waals surface area contributed by atoms with Gasteiger partial charge in [0.05, 0.1) is 12.5 Å². The van der Waals surface area contributed by atoms with Gasteiger partial charge in [-0.1, -0.05) is 12.1 Å². The highest BCUT2D eigenvalue weighted by molar-refractivity contribution is 5.80. The maximum atomic E-state index is 12.2. The Kier molecular flexibility index (Phi) is 4.64. The van der Waals surface area contributed by atoms with E-state index in [1.54, 1.807) is 0 Å². The topological polar surface area (TPSA) is 53.0 Å². The molecule has 2 saturated heterocycles. The minimum Gasteiger partial charge on any atom is -0.491 e. The van der Waals surface area contributed by atoms with Crippen LogP contribution in [0.1, 0.15) is 12.0 Å². The number of aliphatic hydroxyl groups excluding tert-OH is 1. The number of amides is 1. The zero-order chi connectivity index (χ0) is 15.5. The first-order valence-electron chi connectivity index (χ1n) is 7.97. The molecule has 0 aliphatic carbocycles. The van der Waals surface area contributed by atoms with Gasteiger partial charge in [0.25, 0.3) is 0 Å². The molecule has 0 radical (unpaired) electrons. The molecule has 2 aliphatic heterocycles. The van der Waals surface area contributed by atoms with Crippen molar-refractivity contribution in [2.24, 2.45) is 11.8 Å². The maximum absolute atomic E-state index is 12.2. The van der Waals surface area contributed by atoms with Crippen LogP contribution in [0.5, 0.6) is 5.75 Å². The number of aliphatic hydroxyl groups is 1. The highest BCUT2D eigenvalue weighted by Crippen LogP contribution is 2.32. The van der Waals surface area contributed by atoms with Crippen LogP contribution in [0.3, 0.4) is 0 Å². The van der Waals surface area contributed by atoms with Crippen LogP contribution in [-0.4, -0.2) is 60.7 Å². The van der Waals surface area contributed by atoms with Gasteiger partial charge in [0.2, 0.25) is 5.91 Å². The van der Waals surface area contributed by atoms with E-state index in [2.05, 4.69) is 11.0 Å². The lowest BCUT2D eigenvalue weighted by Crippen LogP contribution is -2.42. The van der Waals surface area contributed by atoms with E-state index in [1.807, 2.05) is 30.1 Å². The van der Waals surface area contributed by atoms with E-state index in [9.17, 15) is 4.79 Å². The fraction of sp³-hybridized carbons (Fsp3) is 0.588. The first-order valence-corrected chi connectivity index (χ1v) is 7.97. The van der Waals surface area contributed by atoms with Crippen LogP contribution in [0, 0.1) is 11.8 Å². The zero-order valence-corrected chi connectivity index (χ0v) is 13.1. The lowest BCUT2D eigenvalue weighted by molar-refractivity contribution is -0.137. The molecule has 2 aliphatic rings. The molecular formula is C17H24N2O3. The molecule has 1 amide bonds. The van der Waals surface area contributed by atoms with E-state index in [1.165, 1.54) is 5.56 Å². The number of carbonyl (C=O) groups is 1. The normalized spacial score (nSPS) is 25.4. The second-order valence-electron chi connectivity index (χ2n) is 6.33. The van der Waals surface area contributed by atoms with Gasteiger partial charge >= 0.3 is 0 Å². The molecule has 2 heterocycles. The Balaban J connectivity index is 1.61. The summed E-state index contributed by atoms with van der Waals surface area (Å²) in [7, 11) is 1.91. The Morgan fingerprint density at radius 3 is 3.05 bits per heavy atom. The minimum atomic E-state index is 0.0232. The molecule has 0 saturated carbocycles. The van der Waals surface area contributed by atoms with Crippen molar-refractivity contribution in [3.63, 3.8) is 0 Å². The Bertz CT molecular complexity index is 534. The summed E-state index contributed by atoms with van der Waals surface area (Å²) in [5, 5.41) is 8.82. The monoisotopic (exact) mass is 304 g/mol. The van der Waals surface area contributed by atoms with E-state index < -0.39 is 0 Å². The predicted octanol–water partition coefficient (Wildman–Crippen LogP) is 0.968. The smallest absolute Gasteiger partial charge is 0.227 e. The van der Waals surface area contributed by atoms with Crippen molar-refractivity contribution in [3.8, 4) is 5.75 Å². The van der Waals surface area contributed by atoms with Gasteiger partial charge < -0.3 is 14.7 Å². The van der Waals surface area contributed by atoms with Crippen LogP contribution in [0.2, 0.25) is 0 Å². The number of rotatable bonds is 5. The van der Waals surface area contributed by atoms with Crippen molar-refractivity contribution < 1.29 is 14.6 Å². The predicted molar refractivity (Wildman–Crippen MR) is 83.5 cm³/mol. The Hall–Kier alpha value is -1.59. The summed E-state index contributed by atoms with van der Waals surface area (Å²) in [6.07, 6.45) is 1.11. The maximum Gasteiger partial charge on any atom is 0.227 e. The third kappa shape index (κ3) is 3.25. The molecule has 0 bridgehead atoms. The number of hydrogen-bond acceptors (Lipinski definition) is 4. The molecule has 5 heteroatoms. The molecule has 22 heavy (non-hydrogen) atoms. The number of likely N-dealkylation sites (tertiary alicyclic amines) is 2. The average molecular weight is 304 g/mol. The third-order valence-corrected chi connectivity index (χ3v) is 4.71. The Morgan fingerprint density at radius 2 is 2.23 bits per heavy atom. The molecule has 1 aromatic rings. The van der Waals surface area contributed by atoms with Gasteiger partial charge in [0.15, 0.2) is 0 Å². The van der Waals surface area contributed by atoms with Crippen LogP contribution in [0.15, 0.2) is 24.3 Å². The molecule has 2 atom stereocenters. The summed E-state index contributed by atoms with van der Waals surface area (Å²) >= 11 is 0. The zero-order valence-electron chi connectivity index (χ0n) is 13.1. The van der Waals surface area contributed by atoms with Crippen LogP contribution >= 0.6 is 0 Å². The van der Waals surface area contributed by atoms with Crippen LogP contribution in [0.4, 0.5) is 0 Å². The molecule has 0 aromatic heterocycles. The number of carbonyl (C=O) groups excluding carboxylic acids is 1. The standard InChI is InChI=1S/C17H24N2O3/c1-18-6-5-14-11-19(12-16(14)17(18)21)10-13-3-2-4-15(9-13)22-8-7-20/h2-4,9,14,16,20H,5-8,10-12H2,1H3. The molecule has 2 unspecified atom stereocenters. The summed E-state index contributed by atoms with van der Waals surface area (Å²) in [5.41, 5.74) is 1.19. The molecule has 120 valence electrons. The van der Waals surface area contributed by atoms with Crippen LogP contribution < -0.4 is 4.74 Å². The van der Waals surface area contributed by atoms with Crippen molar-refractivity contribution in [1.82, 2.24) is 9.80 Å². The summed E-state index contributed by atoms with van der Waals surface area (Å²) in [6.45, 7) is 3.94. The second-order valence-corrected chi connectivity index (χ2v) is 6.33. The van der Waals surface area contributed by atoms with Crippen molar-refractivity contribution in [2.45, 2.75) is 13.0 Å². The van der Waals surface area contributed by atoms with Crippen LogP contribution in [-0.2, 0) is 11.3 Å². The highest BCUT2D eigenvalue weighted by atomic mass is 16.5. The molecular weight excluding hydrogens is 280 g/mol. The summed E-state index contributed by atoms with van der Waals surface area (Å²) in [5.74, 6) is 1.78. The molecule has 0 spiro atoms. The largest absolute Gasteiger partial charge is 0.491 e. The number of nitrogens with zero attached hydrogens (tertiary/aromatic N) is 2. The number of ether oxygens (including phenoxy) is 1. The summed E-state index contributed by atoms with van der Waals surface area (Å²) in [6, 6.07) is 7.98. The fourth-order valence-electron chi connectivity index (χ4n) is 3.57. The second kappa shape index (κ2) is 6.67. The summed E-state index contributed by atoms with van der Waals surface area (Å²) in [4.78, 5) is 16.5. The van der Waals surface area contributed by atoms with E-state index >= 15 is 0 Å². The van der Waals surface area contributed by atoms with E-state index in [0.717, 1.165) is 38.3 Å². The molecule has 2 fully saturated rings. The first-order chi connectivity index (χ1) is 10.7. The van der Waals surface area contributed by atoms with Crippen molar-refractivity contribution in [3.05, 3.63) is 29.8 Å². The van der Waals surface area contributed by atoms with E-state index in [4.69, 9.17) is 9.84 Å². The van der Waals surface area contributed by atoms with E-state index in [0.29, 0.717) is 18.4 Å². The van der Waals surface area contributed by atoms with Gasteiger partial charge in [-0.05, 0) is 30.0 Å². The van der Waals surface area contributed by atoms with E-state index in [-0.39, 0.29) is 12.5 Å². The molecule has 1 aromatic carbocycles. The number of fused-ring (bicyclic) bond motifs is 1. The lowest BCUT2D eigenvalue weighted by atomic mass is 9.88. The molecule has 5 nitrogen and oxygen atoms in total. The van der Waals surface area contributed by atoms with Gasteiger partial charge in [-0.25, -0.2) is 0 Å². The van der Waals surface area contributed by atoms with Gasteiger partial charge in [0.1, 0.15) is 12.4 Å². The third-order valence-electron chi connectivity index (χ3n) is 4.71. The lowest BCUT2D eigenvalue weighted by Gasteiger charge is -2.30. The number of hydrogen-bond donors (Lipinski definition) is 1. The van der Waals surface area contributed by atoms with Gasteiger partial charge in [-0.3, -0.25) is 9.69 Å². The van der Waals surface area contributed by atoms with Crippen molar-refractivity contribution in [1.29, 1.82) is 0 Å². The number of benzene rings is 1. The van der Waals surface area contributed by atoms with Gasteiger partial charge in [-0.2, -0.15) is 0 Å². The fourth-order valence-corrected chi connectivity index (χ4v) is 3.57. The SMILES string of the molecule is CN1CCC2CN(Cc3cccc(OCCO)c3)CC2C1=O. The Labute approximate surface area is 131 Å². The van der Waals surface area contributed by atoms with Gasteiger partial charge in [-0.15, -0.1) is 0 Å². The average Bonchev–Trinajstić information content (AvgIpc) is 2.93. The molecule has 1 N–H and O–H groups in total. The van der Waals surface area contributed by atoms with Crippen LogP contribution in [0.25, 0.3) is 0 Å². The highest BCUT2D eigenvalue weighted by Gasteiger charge is 2.41.